The second-order valence-electron chi connectivity index (χ2n) is 8.55. The van der Waals surface area contributed by atoms with Gasteiger partial charge in [-0.15, -0.1) is 0 Å². The molecular weight excluding hydrogens is 560 g/mol. The quantitative estimate of drug-likeness (QED) is 0.299. The Bertz CT molecular complexity index is 1320. The Hall–Kier alpha value is -3.57. The molecule has 1 unspecified atom stereocenters. The second-order valence-corrected chi connectivity index (χ2v) is 9.37. The fourth-order valence-electron chi connectivity index (χ4n) is 4.04. The standard InChI is InChI=1S/C26H25Cl2F3N4O4/c1-14(34-23-19(27)9-16(10-20(23)28)26(29,30)31)15(11-32)13-39-22-7-3-5-17-18(22)12-35(25(17)38)21(6-4-8-36)24(37)33-2/h3,5,7-11,21H,4,6,12-13,32H2,1-2H3,(H,33,37). The van der Waals surface area contributed by atoms with Crippen molar-refractivity contribution in [1.29, 1.82) is 0 Å². The summed E-state index contributed by atoms with van der Waals surface area (Å²) in [6, 6.07) is 5.54. The molecule has 0 fully saturated rings. The number of halogens is 5. The van der Waals surface area contributed by atoms with Crippen molar-refractivity contribution >= 4 is 52.7 Å². The molecule has 8 nitrogen and oxygen atoms in total. The molecule has 39 heavy (non-hydrogen) atoms. The summed E-state index contributed by atoms with van der Waals surface area (Å²) >= 11 is 12.1. The van der Waals surface area contributed by atoms with Crippen LogP contribution in [0, 0.1) is 0 Å². The van der Waals surface area contributed by atoms with Crippen molar-refractivity contribution < 1.29 is 32.3 Å². The van der Waals surface area contributed by atoms with Crippen LogP contribution in [0.3, 0.4) is 0 Å². The van der Waals surface area contributed by atoms with E-state index >= 15 is 0 Å². The highest BCUT2D eigenvalue weighted by atomic mass is 35.5. The highest BCUT2D eigenvalue weighted by Gasteiger charge is 2.37. The predicted molar refractivity (Wildman–Crippen MR) is 141 cm³/mol. The molecule has 3 N–H and O–H groups in total. The van der Waals surface area contributed by atoms with Gasteiger partial charge in [-0.2, -0.15) is 13.2 Å². The summed E-state index contributed by atoms with van der Waals surface area (Å²) in [4.78, 5) is 42.0. The zero-order chi connectivity index (χ0) is 28.9. The number of carbonyl (C=O) groups is 3. The summed E-state index contributed by atoms with van der Waals surface area (Å²) in [7, 11) is 1.45. The summed E-state index contributed by atoms with van der Waals surface area (Å²) in [5.41, 5.74) is 6.31. The maximum Gasteiger partial charge on any atom is 0.416 e. The number of amides is 2. The minimum absolute atomic E-state index is 0.0550. The number of nitrogens with one attached hydrogen (secondary N) is 1. The minimum Gasteiger partial charge on any atom is -0.488 e. The molecule has 0 saturated heterocycles. The lowest BCUT2D eigenvalue weighted by Gasteiger charge is -2.25. The van der Waals surface area contributed by atoms with E-state index in [1.165, 1.54) is 18.1 Å². The molecule has 1 aliphatic heterocycles. The molecule has 3 rings (SSSR count). The largest absolute Gasteiger partial charge is 0.488 e. The molecule has 2 aromatic rings. The number of hydrogen-bond acceptors (Lipinski definition) is 6. The van der Waals surface area contributed by atoms with Gasteiger partial charge in [0.2, 0.25) is 5.91 Å². The van der Waals surface area contributed by atoms with Crippen LogP contribution in [0.2, 0.25) is 10.0 Å². The highest BCUT2D eigenvalue weighted by molar-refractivity contribution is 6.39. The summed E-state index contributed by atoms with van der Waals surface area (Å²) in [5.74, 6) is -0.387. The van der Waals surface area contributed by atoms with E-state index in [-0.39, 0.29) is 53.5 Å². The first kappa shape index (κ1) is 30.0. The number of hydrogen-bond donors (Lipinski definition) is 2. The van der Waals surface area contributed by atoms with Gasteiger partial charge in [0, 0.05) is 42.1 Å². The van der Waals surface area contributed by atoms with Gasteiger partial charge < -0.3 is 25.5 Å². The van der Waals surface area contributed by atoms with E-state index in [1.54, 1.807) is 25.1 Å². The maximum absolute atomic E-state index is 13.1. The number of nitrogens with zero attached hydrogens (tertiary/aromatic N) is 2. The number of likely N-dealkylation sites (N-methyl/N-ethyl adjacent to an activating group) is 1. The molecule has 2 amide bonds. The fourth-order valence-corrected chi connectivity index (χ4v) is 4.61. The third-order valence-electron chi connectivity index (χ3n) is 6.11. The van der Waals surface area contributed by atoms with Crippen LogP contribution in [0.4, 0.5) is 18.9 Å². The van der Waals surface area contributed by atoms with Crippen molar-refractivity contribution in [3.8, 4) is 5.75 Å². The molecule has 208 valence electrons. The minimum atomic E-state index is -4.62. The smallest absolute Gasteiger partial charge is 0.416 e. The third-order valence-corrected chi connectivity index (χ3v) is 6.69. The predicted octanol–water partition coefficient (Wildman–Crippen LogP) is 5.08. The SMILES string of the molecule is CNC(=O)C(CCC=O)N1Cc2c(OCC(=CN)C(C)=Nc3c(Cl)cc(C(F)(F)F)cc3Cl)cccc2C1=O. The Morgan fingerprint density at radius 2 is 1.95 bits per heavy atom. The number of rotatable bonds is 10. The molecule has 13 heteroatoms. The zero-order valence-electron chi connectivity index (χ0n) is 20.9. The summed E-state index contributed by atoms with van der Waals surface area (Å²) in [6.07, 6.45) is -2.43. The van der Waals surface area contributed by atoms with Crippen molar-refractivity contribution in [2.45, 2.75) is 38.5 Å². The molecule has 0 saturated carbocycles. The van der Waals surface area contributed by atoms with E-state index in [2.05, 4.69) is 10.3 Å². The van der Waals surface area contributed by atoms with Gasteiger partial charge in [0.25, 0.3) is 5.91 Å². The van der Waals surface area contributed by atoms with Gasteiger partial charge in [-0.3, -0.25) is 14.6 Å². The lowest BCUT2D eigenvalue weighted by molar-refractivity contribution is -0.137. The Morgan fingerprint density at radius 3 is 2.51 bits per heavy atom. The molecular formula is C26H25Cl2F3N4O4. The number of aliphatic imine (C=N–C) groups is 1. The normalized spacial score (nSPS) is 14.7. The van der Waals surface area contributed by atoms with E-state index in [4.69, 9.17) is 33.7 Å². The van der Waals surface area contributed by atoms with Crippen LogP contribution in [0.1, 0.15) is 41.3 Å². The van der Waals surface area contributed by atoms with Crippen LogP contribution in [0.5, 0.6) is 5.75 Å². The van der Waals surface area contributed by atoms with Crippen molar-refractivity contribution in [2.24, 2.45) is 10.7 Å². The first-order valence-corrected chi connectivity index (χ1v) is 12.4. The molecule has 1 aliphatic rings. The highest BCUT2D eigenvalue weighted by Crippen LogP contribution is 2.40. The molecule has 0 aliphatic carbocycles. The lowest BCUT2D eigenvalue weighted by atomic mass is 10.1. The molecule has 0 bridgehead atoms. The number of fused-ring (bicyclic) bond motifs is 1. The van der Waals surface area contributed by atoms with Gasteiger partial charge in [-0.25, -0.2) is 0 Å². The number of nitrogens with two attached hydrogens (primary N) is 1. The van der Waals surface area contributed by atoms with Crippen molar-refractivity contribution in [2.75, 3.05) is 13.7 Å². The summed E-state index contributed by atoms with van der Waals surface area (Å²) in [6.45, 7) is 1.55. The molecule has 1 heterocycles. The van der Waals surface area contributed by atoms with Gasteiger partial charge >= 0.3 is 6.18 Å². The Morgan fingerprint density at radius 1 is 1.28 bits per heavy atom. The van der Waals surface area contributed by atoms with Crippen LogP contribution in [-0.2, 0) is 22.3 Å². The maximum atomic E-state index is 13.1. The molecule has 2 aromatic carbocycles. The first-order valence-electron chi connectivity index (χ1n) is 11.7. The van der Waals surface area contributed by atoms with Gasteiger partial charge in [-0.05, 0) is 37.6 Å². The molecule has 0 aromatic heterocycles. The van der Waals surface area contributed by atoms with Gasteiger partial charge in [0.15, 0.2) is 0 Å². The number of alkyl halides is 3. The van der Waals surface area contributed by atoms with Crippen LogP contribution in [-0.4, -0.2) is 48.4 Å². The van der Waals surface area contributed by atoms with E-state index in [1.807, 2.05) is 0 Å². The number of ether oxygens (including phenoxy) is 1. The van der Waals surface area contributed by atoms with Crippen molar-refractivity contribution in [3.05, 3.63) is 68.8 Å². The van der Waals surface area contributed by atoms with Gasteiger partial charge in [0.05, 0.1) is 22.2 Å². The third kappa shape index (κ3) is 6.72. The molecule has 0 spiro atoms. The molecule has 0 radical (unpaired) electrons. The average Bonchev–Trinajstić information content (AvgIpc) is 3.22. The number of benzene rings is 2. The van der Waals surface area contributed by atoms with Crippen LogP contribution in [0.25, 0.3) is 0 Å². The van der Waals surface area contributed by atoms with Crippen LogP contribution >= 0.6 is 23.2 Å². The van der Waals surface area contributed by atoms with E-state index in [9.17, 15) is 27.6 Å². The van der Waals surface area contributed by atoms with Gasteiger partial charge in [0.1, 0.15) is 30.4 Å². The summed E-state index contributed by atoms with van der Waals surface area (Å²) < 4.78 is 45.0. The monoisotopic (exact) mass is 584 g/mol. The zero-order valence-corrected chi connectivity index (χ0v) is 22.5. The summed E-state index contributed by atoms with van der Waals surface area (Å²) in [5, 5.41) is 1.95. The fraction of sp³-hybridized carbons (Fsp3) is 0.308. The lowest BCUT2D eigenvalue weighted by Crippen LogP contribution is -2.46. The van der Waals surface area contributed by atoms with Crippen molar-refractivity contribution in [3.63, 3.8) is 0 Å². The topological polar surface area (TPSA) is 114 Å². The number of aldehydes is 1. The average molecular weight is 585 g/mol. The van der Waals surface area contributed by atoms with E-state index < -0.39 is 17.8 Å². The second kappa shape index (κ2) is 12.5. The Kier molecular flexibility index (Phi) is 9.63. The number of carbonyl (C=O) groups excluding carboxylic acids is 3. The van der Waals surface area contributed by atoms with Crippen molar-refractivity contribution in [1.82, 2.24) is 10.2 Å². The Balaban J connectivity index is 1.82. The molecule has 1 atom stereocenters. The van der Waals surface area contributed by atoms with Crippen LogP contribution < -0.4 is 15.8 Å². The first-order chi connectivity index (χ1) is 18.4. The van der Waals surface area contributed by atoms with Gasteiger partial charge in [-0.1, -0.05) is 29.3 Å². The van der Waals surface area contributed by atoms with Crippen LogP contribution in [0.15, 0.2) is 47.1 Å². The Labute approximate surface area is 232 Å². The van der Waals surface area contributed by atoms with E-state index in [0.717, 1.165) is 12.1 Å². The van der Waals surface area contributed by atoms with E-state index in [0.29, 0.717) is 34.4 Å².